The molecule has 19 heavy (non-hydrogen) atoms. The van der Waals surface area contributed by atoms with E-state index >= 15 is 0 Å². The van der Waals surface area contributed by atoms with Crippen molar-refractivity contribution in [3.05, 3.63) is 29.8 Å². The Hall–Kier alpha value is -1.51. The summed E-state index contributed by atoms with van der Waals surface area (Å²) in [6.45, 7) is 6.30. The fourth-order valence-corrected chi connectivity index (χ4v) is 2.35. The highest BCUT2D eigenvalue weighted by atomic mass is 16.5. The van der Waals surface area contributed by atoms with E-state index in [0.717, 1.165) is 38.1 Å². The van der Waals surface area contributed by atoms with E-state index in [9.17, 15) is 4.79 Å². The van der Waals surface area contributed by atoms with Crippen LogP contribution < -0.4 is 4.74 Å². The van der Waals surface area contributed by atoms with Gasteiger partial charge in [-0.3, -0.25) is 4.79 Å². The number of benzene rings is 1. The lowest BCUT2D eigenvalue weighted by Crippen LogP contribution is -2.32. The van der Waals surface area contributed by atoms with Crippen LogP contribution in [0.15, 0.2) is 24.3 Å². The van der Waals surface area contributed by atoms with Crippen molar-refractivity contribution in [2.45, 2.75) is 39.0 Å². The minimum Gasteiger partial charge on any atom is -0.484 e. The average Bonchev–Trinajstić information content (AvgIpc) is 2.98. The molecule has 1 heterocycles. The predicted molar refractivity (Wildman–Crippen MR) is 76.5 cm³/mol. The van der Waals surface area contributed by atoms with Crippen LogP contribution in [0.2, 0.25) is 0 Å². The molecule has 0 radical (unpaired) electrons. The number of rotatable bonds is 5. The zero-order chi connectivity index (χ0) is 13.7. The molecule has 1 aromatic carbocycles. The van der Waals surface area contributed by atoms with Crippen LogP contribution >= 0.6 is 0 Å². The Bertz CT molecular complexity index is 425. The van der Waals surface area contributed by atoms with Gasteiger partial charge in [0.2, 0.25) is 0 Å². The predicted octanol–water partition coefficient (Wildman–Crippen LogP) is 3.20. The molecule has 1 aliphatic rings. The van der Waals surface area contributed by atoms with Crippen LogP contribution in [0.5, 0.6) is 5.75 Å². The maximum atomic E-state index is 11.9. The molecular formula is C16H23NO2. The lowest BCUT2D eigenvalue weighted by atomic mass is 9.99. The third-order valence-corrected chi connectivity index (χ3v) is 3.86. The first kappa shape index (κ1) is 13.9. The summed E-state index contributed by atoms with van der Waals surface area (Å²) >= 11 is 0. The van der Waals surface area contributed by atoms with Crippen LogP contribution in [-0.2, 0) is 4.79 Å². The van der Waals surface area contributed by atoms with Gasteiger partial charge in [0.05, 0.1) is 0 Å². The molecule has 1 aliphatic heterocycles. The molecule has 0 bridgehead atoms. The first-order valence-electron chi connectivity index (χ1n) is 7.21. The Labute approximate surface area is 115 Å². The maximum absolute atomic E-state index is 11.9. The molecule has 0 N–H and O–H groups in total. The van der Waals surface area contributed by atoms with E-state index < -0.39 is 0 Å². The summed E-state index contributed by atoms with van der Waals surface area (Å²) in [5.41, 5.74) is 1.27. The fourth-order valence-electron chi connectivity index (χ4n) is 2.35. The van der Waals surface area contributed by atoms with Gasteiger partial charge in [0.25, 0.3) is 5.91 Å². The van der Waals surface area contributed by atoms with Gasteiger partial charge in [0, 0.05) is 13.1 Å². The van der Waals surface area contributed by atoms with Crippen molar-refractivity contribution in [3.8, 4) is 5.75 Å². The number of carbonyl (C=O) groups is 1. The van der Waals surface area contributed by atoms with Gasteiger partial charge in [-0.25, -0.2) is 0 Å². The van der Waals surface area contributed by atoms with Crippen LogP contribution in [0.3, 0.4) is 0 Å². The van der Waals surface area contributed by atoms with Crippen molar-refractivity contribution < 1.29 is 9.53 Å². The summed E-state index contributed by atoms with van der Waals surface area (Å²) < 4.78 is 5.62. The van der Waals surface area contributed by atoms with Crippen molar-refractivity contribution in [1.82, 2.24) is 4.90 Å². The Morgan fingerprint density at radius 2 is 2.11 bits per heavy atom. The van der Waals surface area contributed by atoms with E-state index in [0.29, 0.717) is 5.92 Å². The largest absolute Gasteiger partial charge is 0.484 e. The van der Waals surface area contributed by atoms with E-state index in [4.69, 9.17) is 4.74 Å². The molecule has 1 fully saturated rings. The van der Waals surface area contributed by atoms with Gasteiger partial charge in [-0.05, 0) is 42.9 Å². The van der Waals surface area contributed by atoms with Crippen LogP contribution in [0.1, 0.15) is 44.6 Å². The molecule has 2 rings (SSSR count). The highest BCUT2D eigenvalue weighted by molar-refractivity contribution is 5.78. The van der Waals surface area contributed by atoms with E-state index in [-0.39, 0.29) is 12.5 Å². The van der Waals surface area contributed by atoms with Crippen LogP contribution in [0.4, 0.5) is 0 Å². The van der Waals surface area contributed by atoms with Gasteiger partial charge in [0.1, 0.15) is 5.75 Å². The normalized spacial score (nSPS) is 16.4. The Balaban J connectivity index is 1.90. The van der Waals surface area contributed by atoms with Crippen LogP contribution in [0.25, 0.3) is 0 Å². The molecule has 0 saturated carbocycles. The molecule has 0 aromatic heterocycles. The molecule has 3 heteroatoms. The lowest BCUT2D eigenvalue weighted by molar-refractivity contribution is -0.132. The number of carbonyl (C=O) groups excluding carboxylic acids is 1. The minimum atomic E-state index is 0.103. The Morgan fingerprint density at radius 1 is 1.37 bits per heavy atom. The first-order valence-corrected chi connectivity index (χ1v) is 7.21. The molecule has 1 saturated heterocycles. The average molecular weight is 261 g/mol. The van der Waals surface area contributed by atoms with Crippen LogP contribution in [-0.4, -0.2) is 30.5 Å². The third kappa shape index (κ3) is 3.72. The van der Waals surface area contributed by atoms with Gasteiger partial charge in [-0.2, -0.15) is 0 Å². The number of likely N-dealkylation sites (tertiary alicyclic amines) is 1. The van der Waals surface area contributed by atoms with Gasteiger partial charge in [-0.15, -0.1) is 0 Å². The molecule has 1 aromatic rings. The maximum Gasteiger partial charge on any atom is 0.260 e. The fraction of sp³-hybridized carbons (Fsp3) is 0.562. The van der Waals surface area contributed by atoms with Gasteiger partial charge >= 0.3 is 0 Å². The second kappa shape index (κ2) is 6.60. The minimum absolute atomic E-state index is 0.103. The number of ether oxygens (including phenoxy) is 1. The van der Waals surface area contributed by atoms with Crippen molar-refractivity contribution in [2.75, 3.05) is 19.7 Å². The summed E-state index contributed by atoms with van der Waals surface area (Å²) in [5, 5.41) is 0. The zero-order valence-electron chi connectivity index (χ0n) is 11.9. The quantitative estimate of drug-likeness (QED) is 0.814. The van der Waals surface area contributed by atoms with Gasteiger partial charge in [-0.1, -0.05) is 26.0 Å². The third-order valence-electron chi connectivity index (χ3n) is 3.86. The van der Waals surface area contributed by atoms with E-state index in [2.05, 4.69) is 19.9 Å². The second-order valence-electron chi connectivity index (χ2n) is 5.26. The number of hydrogen-bond donors (Lipinski definition) is 0. The van der Waals surface area contributed by atoms with E-state index in [1.54, 1.807) is 0 Å². The lowest BCUT2D eigenvalue weighted by Gasteiger charge is -2.16. The van der Waals surface area contributed by atoms with Gasteiger partial charge < -0.3 is 9.64 Å². The summed E-state index contributed by atoms with van der Waals surface area (Å²) in [5.74, 6) is 1.43. The summed E-state index contributed by atoms with van der Waals surface area (Å²) in [7, 11) is 0. The van der Waals surface area contributed by atoms with Gasteiger partial charge in [0.15, 0.2) is 6.61 Å². The molecule has 3 nitrogen and oxygen atoms in total. The zero-order valence-corrected chi connectivity index (χ0v) is 11.9. The molecule has 0 spiro atoms. The first-order chi connectivity index (χ1) is 9.20. The monoisotopic (exact) mass is 261 g/mol. The number of nitrogens with zero attached hydrogens (tertiary/aromatic N) is 1. The van der Waals surface area contributed by atoms with Crippen molar-refractivity contribution >= 4 is 5.91 Å². The number of hydrogen-bond acceptors (Lipinski definition) is 2. The number of amides is 1. The molecular weight excluding hydrogens is 238 g/mol. The SMILES string of the molecule is CCC(C)c1cccc(OCC(=O)N2CCCC2)c1. The smallest absolute Gasteiger partial charge is 0.260 e. The molecule has 0 aliphatic carbocycles. The molecule has 1 atom stereocenters. The van der Waals surface area contributed by atoms with Crippen molar-refractivity contribution in [1.29, 1.82) is 0 Å². The highest BCUT2D eigenvalue weighted by Crippen LogP contribution is 2.23. The summed E-state index contributed by atoms with van der Waals surface area (Å²) in [6, 6.07) is 8.08. The standard InChI is InChI=1S/C16H23NO2/c1-3-13(2)14-7-6-8-15(11-14)19-12-16(18)17-9-4-5-10-17/h6-8,11,13H,3-5,9-10,12H2,1-2H3. The summed E-state index contributed by atoms with van der Waals surface area (Å²) in [4.78, 5) is 13.8. The molecule has 104 valence electrons. The topological polar surface area (TPSA) is 29.5 Å². The van der Waals surface area contributed by atoms with Crippen LogP contribution in [0, 0.1) is 0 Å². The molecule has 1 amide bonds. The highest BCUT2D eigenvalue weighted by Gasteiger charge is 2.18. The van der Waals surface area contributed by atoms with E-state index in [1.807, 2.05) is 23.1 Å². The Kier molecular flexibility index (Phi) is 4.83. The summed E-state index contributed by atoms with van der Waals surface area (Å²) in [6.07, 6.45) is 3.35. The Morgan fingerprint density at radius 3 is 2.79 bits per heavy atom. The second-order valence-corrected chi connectivity index (χ2v) is 5.26. The van der Waals surface area contributed by atoms with E-state index in [1.165, 1.54) is 5.56 Å². The van der Waals surface area contributed by atoms with Crippen molar-refractivity contribution in [3.63, 3.8) is 0 Å². The molecule has 1 unspecified atom stereocenters. The van der Waals surface area contributed by atoms with Crippen molar-refractivity contribution in [2.24, 2.45) is 0 Å².